The number of thiocarbonyl (C=S) groups is 1. The zero-order chi connectivity index (χ0) is 22.9. The van der Waals surface area contributed by atoms with E-state index in [9.17, 15) is 9.59 Å². The molecule has 3 aromatic rings. The Balaban J connectivity index is 1.58. The third kappa shape index (κ3) is 4.31. The number of carbonyl (C=O) groups is 1. The van der Waals surface area contributed by atoms with Crippen molar-refractivity contribution in [2.75, 3.05) is 13.2 Å². The highest BCUT2D eigenvalue weighted by molar-refractivity contribution is 8.26. The number of aryl methyl sites for hydroxylation is 1. The molecule has 0 N–H and O–H groups in total. The lowest BCUT2D eigenvalue weighted by molar-refractivity contribution is -0.123. The highest BCUT2D eigenvalue weighted by atomic mass is 32.2. The molecule has 2 aliphatic heterocycles. The van der Waals surface area contributed by atoms with Crippen molar-refractivity contribution in [3.8, 4) is 11.6 Å². The third-order valence-corrected chi connectivity index (χ3v) is 6.94. The number of thioether (sulfide) groups is 1. The van der Waals surface area contributed by atoms with Gasteiger partial charge in [-0.05, 0) is 49.6 Å². The first kappa shape index (κ1) is 21.8. The Labute approximate surface area is 200 Å². The van der Waals surface area contributed by atoms with Crippen molar-refractivity contribution in [3.05, 3.63) is 75.0 Å². The molecule has 7 nitrogen and oxygen atoms in total. The van der Waals surface area contributed by atoms with Crippen LogP contribution in [0.5, 0.6) is 11.6 Å². The van der Waals surface area contributed by atoms with Gasteiger partial charge in [-0.25, -0.2) is 0 Å². The van der Waals surface area contributed by atoms with Crippen molar-refractivity contribution >= 4 is 45.9 Å². The van der Waals surface area contributed by atoms with Crippen LogP contribution in [0, 0.1) is 6.92 Å². The first-order valence-corrected chi connectivity index (χ1v) is 11.9. The molecule has 5 rings (SSSR count). The Hall–Kier alpha value is -3.01. The summed E-state index contributed by atoms with van der Waals surface area (Å²) in [5.41, 5.74) is 1.21. The Kier molecular flexibility index (Phi) is 6.01. The Morgan fingerprint density at radius 2 is 2.06 bits per heavy atom. The number of amides is 1. The normalized spacial score (nSPS) is 19.7. The fourth-order valence-electron chi connectivity index (χ4n) is 3.87. The minimum Gasteiger partial charge on any atom is -0.438 e. The first-order valence-electron chi connectivity index (χ1n) is 10.6. The number of aromatic nitrogens is 2. The predicted octanol–water partition coefficient (Wildman–Crippen LogP) is 4.18. The van der Waals surface area contributed by atoms with E-state index in [0.29, 0.717) is 33.8 Å². The average Bonchev–Trinajstić information content (AvgIpc) is 3.42. The summed E-state index contributed by atoms with van der Waals surface area (Å²) in [6.07, 6.45) is 5.07. The van der Waals surface area contributed by atoms with Gasteiger partial charge in [-0.3, -0.25) is 18.9 Å². The number of benzene rings is 1. The van der Waals surface area contributed by atoms with E-state index in [1.54, 1.807) is 29.3 Å². The summed E-state index contributed by atoms with van der Waals surface area (Å²) in [5.74, 6) is 0.452. The van der Waals surface area contributed by atoms with Gasteiger partial charge in [0.15, 0.2) is 0 Å². The molecule has 4 heterocycles. The minimum absolute atomic E-state index is 0.0141. The summed E-state index contributed by atoms with van der Waals surface area (Å²) in [4.78, 5) is 33.1. The van der Waals surface area contributed by atoms with Crippen LogP contribution >= 0.6 is 24.0 Å². The molecule has 0 radical (unpaired) electrons. The second-order valence-corrected chi connectivity index (χ2v) is 9.54. The number of rotatable bonds is 5. The van der Waals surface area contributed by atoms with E-state index in [0.717, 1.165) is 18.4 Å². The van der Waals surface area contributed by atoms with Gasteiger partial charge >= 0.3 is 0 Å². The molecule has 9 heteroatoms. The van der Waals surface area contributed by atoms with Crippen molar-refractivity contribution in [3.63, 3.8) is 0 Å². The molecule has 2 aromatic heterocycles. The first-order chi connectivity index (χ1) is 16.0. The van der Waals surface area contributed by atoms with Gasteiger partial charge in [-0.1, -0.05) is 48.2 Å². The Morgan fingerprint density at radius 1 is 1.24 bits per heavy atom. The van der Waals surface area contributed by atoms with E-state index in [1.807, 2.05) is 31.2 Å². The average molecular weight is 480 g/mol. The van der Waals surface area contributed by atoms with Gasteiger partial charge in [-0.15, -0.1) is 0 Å². The zero-order valence-electron chi connectivity index (χ0n) is 17.9. The molecule has 0 spiro atoms. The summed E-state index contributed by atoms with van der Waals surface area (Å²) in [6, 6.07) is 12.8. The summed E-state index contributed by atoms with van der Waals surface area (Å²) >= 11 is 6.63. The fraction of sp³-hybridized carbons (Fsp3) is 0.250. The number of hydrogen-bond acceptors (Lipinski definition) is 7. The number of nitrogens with zero attached hydrogens (tertiary/aromatic N) is 3. The largest absolute Gasteiger partial charge is 0.438 e. The van der Waals surface area contributed by atoms with Crippen LogP contribution in [0.25, 0.3) is 11.7 Å². The van der Waals surface area contributed by atoms with Crippen LogP contribution in [0.3, 0.4) is 0 Å². The van der Waals surface area contributed by atoms with E-state index in [-0.39, 0.29) is 29.0 Å². The molecule has 33 heavy (non-hydrogen) atoms. The Morgan fingerprint density at radius 3 is 2.82 bits per heavy atom. The predicted molar refractivity (Wildman–Crippen MR) is 132 cm³/mol. The van der Waals surface area contributed by atoms with E-state index < -0.39 is 0 Å². The highest BCUT2D eigenvalue weighted by Crippen LogP contribution is 2.35. The summed E-state index contributed by atoms with van der Waals surface area (Å²) < 4.78 is 13.6. The second kappa shape index (κ2) is 9.09. The molecule has 0 unspecified atom stereocenters. The molecular formula is C24H21N3O4S2. The molecule has 2 saturated heterocycles. The Bertz CT molecular complexity index is 1330. The standard InChI is InChI=1S/C24H21N3O4S2/c1-15-7-5-11-26-20(15)25-21(31-16-8-3-2-4-9-16)18(22(26)28)13-19-23(29)27(24(32)33-19)14-17-10-6-12-30-17/h2-5,7-9,11,13,17H,6,10,12,14H2,1H3/b19-13+/t17-/m1/s1. The monoisotopic (exact) mass is 479 g/mol. The molecule has 2 aliphatic rings. The maximum atomic E-state index is 13.4. The van der Waals surface area contributed by atoms with Gasteiger partial charge in [0.25, 0.3) is 11.5 Å². The van der Waals surface area contributed by atoms with Crippen LogP contribution in [-0.2, 0) is 9.53 Å². The minimum atomic E-state index is -0.320. The fourth-order valence-corrected chi connectivity index (χ4v) is 5.13. The molecule has 1 amide bonds. The summed E-state index contributed by atoms with van der Waals surface area (Å²) in [6.45, 7) is 3.00. The molecule has 2 fully saturated rings. The maximum Gasteiger partial charge on any atom is 0.269 e. The highest BCUT2D eigenvalue weighted by Gasteiger charge is 2.35. The van der Waals surface area contributed by atoms with E-state index >= 15 is 0 Å². The van der Waals surface area contributed by atoms with Crippen molar-refractivity contribution in [2.24, 2.45) is 0 Å². The van der Waals surface area contributed by atoms with Gasteiger partial charge < -0.3 is 9.47 Å². The van der Waals surface area contributed by atoms with Gasteiger partial charge in [-0.2, -0.15) is 4.98 Å². The molecule has 1 atom stereocenters. The summed E-state index contributed by atoms with van der Waals surface area (Å²) in [7, 11) is 0. The molecule has 0 saturated carbocycles. The number of pyridine rings is 1. The van der Waals surface area contributed by atoms with Gasteiger partial charge in [0.1, 0.15) is 21.3 Å². The van der Waals surface area contributed by atoms with Crippen LogP contribution in [0.4, 0.5) is 0 Å². The van der Waals surface area contributed by atoms with E-state index in [4.69, 9.17) is 21.7 Å². The lowest BCUT2D eigenvalue weighted by atomic mass is 10.2. The van der Waals surface area contributed by atoms with Crippen molar-refractivity contribution in [1.29, 1.82) is 0 Å². The number of fused-ring (bicyclic) bond motifs is 1. The topological polar surface area (TPSA) is 73.1 Å². The molecular weight excluding hydrogens is 458 g/mol. The second-order valence-electron chi connectivity index (χ2n) is 7.86. The number of hydrogen-bond donors (Lipinski definition) is 0. The quantitative estimate of drug-likeness (QED) is 0.402. The van der Waals surface area contributed by atoms with E-state index in [1.165, 1.54) is 22.2 Å². The van der Waals surface area contributed by atoms with E-state index in [2.05, 4.69) is 4.98 Å². The van der Waals surface area contributed by atoms with Crippen molar-refractivity contribution in [1.82, 2.24) is 14.3 Å². The summed E-state index contributed by atoms with van der Waals surface area (Å²) in [5, 5.41) is 0. The smallest absolute Gasteiger partial charge is 0.269 e. The molecule has 1 aromatic carbocycles. The lowest BCUT2D eigenvalue weighted by Gasteiger charge is -2.18. The molecule has 0 aliphatic carbocycles. The third-order valence-electron chi connectivity index (χ3n) is 5.57. The lowest BCUT2D eigenvalue weighted by Crippen LogP contribution is -2.35. The molecule has 168 valence electrons. The van der Waals surface area contributed by atoms with Crippen molar-refractivity contribution < 1.29 is 14.3 Å². The van der Waals surface area contributed by atoms with Gasteiger partial charge in [0.2, 0.25) is 5.88 Å². The van der Waals surface area contributed by atoms with Crippen LogP contribution in [0.2, 0.25) is 0 Å². The number of carbonyl (C=O) groups excluding carboxylic acids is 1. The van der Waals surface area contributed by atoms with Gasteiger partial charge in [0.05, 0.1) is 17.6 Å². The maximum absolute atomic E-state index is 13.4. The number of ether oxygens (including phenoxy) is 2. The van der Waals surface area contributed by atoms with Crippen molar-refractivity contribution in [2.45, 2.75) is 25.9 Å². The van der Waals surface area contributed by atoms with Crippen LogP contribution < -0.4 is 10.3 Å². The number of para-hydroxylation sites is 1. The zero-order valence-corrected chi connectivity index (χ0v) is 19.5. The SMILES string of the molecule is Cc1cccn2c(=O)c(/C=C3/SC(=S)N(C[C@H]4CCCO4)C3=O)c(Oc3ccccc3)nc12. The van der Waals surface area contributed by atoms with Crippen LogP contribution in [0.15, 0.2) is 58.4 Å². The van der Waals surface area contributed by atoms with Crippen LogP contribution in [-0.4, -0.2) is 43.8 Å². The van der Waals surface area contributed by atoms with Gasteiger partial charge in [0, 0.05) is 12.8 Å². The molecule has 0 bridgehead atoms. The van der Waals surface area contributed by atoms with Crippen LogP contribution in [0.1, 0.15) is 24.0 Å².